The summed E-state index contributed by atoms with van der Waals surface area (Å²) in [4.78, 5) is 11.9. The Hall–Kier alpha value is -1.25. The number of carbonyl (C=O) groups excluding carboxylic acids is 1. The number of nitrogens with one attached hydrogen (secondary N) is 1. The Balaban J connectivity index is 1.93. The van der Waals surface area contributed by atoms with Gasteiger partial charge in [0.15, 0.2) is 0 Å². The van der Waals surface area contributed by atoms with Crippen molar-refractivity contribution in [3.63, 3.8) is 0 Å². The van der Waals surface area contributed by atoms with Gasteiger partial charge in [-0.2, -0.15) is 0 Å². The van der Waals surface area contributed by atoms with Crippen molar-refractivity contribution in [2.75, 3.05) is 0 Å². The van der Waals surface area contributed by atoms with E-state index in [0.717, 1.165) is 12.8 Å². The van der Waals surface area contributed by atoms with Crippen LogP contribution in [0.3, 0.4) is 0 Å². The third-order valence-corrected chi connectivity index (χ3v) is 3.29. The minimum Gasteiger partial charge on any atom is -0.469 e. The molecule has 1 saturated carbocycles. The molecule has 0 unspecified atom stereocenters. The third-order valence-electron chi connectivity index (χ3n) is 3.29. The standard InChI is InChI=1S/C13H19NO2/c1-10-12(8-9-16-10)13(15)14-11-6-4-2-3-5-7-11/h8-9,11H,2-7H2,1H3,(H,14,15). The summed E-state index contributed by atoms with van der Waals surface area (Å²) in [5.74, 6) is 0.712. The summed E-state index contributed by atoms with van der Waals surface area (Å²) in [5.41, 5.74) is 0.671. The van der Waals surface area contributed by atoms with Gasteiger partial charge in [-0.3, -0.25) is 4.79 Å². The van der Waals surface area contributed by atoms with Crippen LogP contribution >= 0.6 is 0 Å². The van der Waals surface area contributed by atoms with Crippen molar-refractivity contribution in [1.82, 2.24) is 5.32 Å². The average Bonchev–Trinajstić information content (AvgIpc) is 2.53. The predicted molar refractivity (Wildman–Crippen MR) is 62.4 cm³/mol. The summed E-state index contributed by atoms with van der Waals surface area (Å²) in [5, 5.41) is 3.10. The van der Waals surface area contributed by atoms with Gasteiger partial charge in [0.2, 0.25) is 0 Å². The van der Waals surface area contributed by atoms with Gasteiger partial charge in [0.05, 0.1) is 11.8 Å². The van der Waals surface area contributed by atoms with E-state index in [-0.39, 0.29) is 5.91 Å². The maximum atomic E-state index is 11.9. The van der Waals surface area contributed by atoms with Crippen LogP contribution in [0, 0.1) is 6.92 Å². The highest BCUT2D eigenvalue weighted by molar-refractivity contribution is 5.95. The first-order chi connectivity index (χ1) is 7.77. The number of furan rings is 1. The van der Waals surface area contributed by atoms with Gasteiger partial charge in [-0.05, 0) is 25.8 Å². The lowest BCUT2D eigenvalue weighted by Gasteiger charge is -2.15. The smallest absolute Gasteiger partial charge is 0.255 e. The molecule has 0 bridgehead atoms. The van der Waals surface area contributed by atoms with Gasteiger partial charge in [-0.25, -0.2) is 0 Å². The fraction of sp³-hybridized carbons (Fsp3) is 0.615. The number of carbonyl (C=O) groups is 1. The molecule has 1 aromatic heterocycles. The number of rotatable bonds is 2. The SMILES string of the molecule is Cc1occc1C(=O)NC1CCCCCC1. The van der Waals surface area contributed by atoms with E-state index in [4.69, 9.17) is 4.42 Å². The molecule has 88 valence electrons. The van der Waals surface area contributed by atoms with Crippen molar-refractivity contribution < 1.29 is 9.21 Å². The van der Waals surface area contributed by atoms with Gasteiger partial charge in [0.1, 0.15) is 5.76 Å². The van der Waals surface area contributed by atoms with Crippen LogP contribution in [0.4, 0.5) is 0 Å². The lowest BCUT2D eigenvalue weighted by Crippen LogP contribution is -2.34. The first-order valence-corrected chi connectivity index (χ1v) is 6.12. The monoisotopic (exact) mass is 221 g/mol. The average molecular weight is 221 g/mol. The number of aryl methyl sites for hydroxylation is 1. The van der Waals surface area contributed by atoms with Crippen LogP contribution < -0.4 is 5.32 Å². The molecule has 2 rings (SSSR count). The lowest BCUT2D eigenvalue weighted by atomic mass is 10.1. The van der Waals surface area contributed by atoms with E-state index in [0.29, 0.717) is 17.4 Å². The van der Waals surface area contributed by atoms with Crippen molar-refractivity contribution in [2.24, 2.45) is 0 Å². The van der Waals surface area contributed by atoms with Crippen LogP contribution in [0.15, 0.2) is 16.7 Å². The Kier molecular flexibility index (Phi) is 3.65. The van der Waals surface area contributed by atoms with Crippen molar-refractivity contribution in [3.8, 4) is 0 Å². The summed E-state index contributed by atoms with van der Waals surface area (Å²) in [6.07, 6.45) is 8.86. The third kappa shape index (κ3) is 2.65. The Morgan fingerprint density at radius 3 is 2.56 bits per heavy atom. The minimum atomic E-state index is 0.0122. The van der Waals surface area contributed by atoms with E-state index in [1.807, 2.05) is 6.92 Å². The van der Waals surface area contributed by atoms with Crippen LogP contribution in [-0.4, -0.2) is 11.9 Å². The van der Waals surface area contributed by atoms with E-state index in [1.165, 1.54) is 25.7 Å². The second-order valence-corrected chi connectivity index (χ2v) is 4.55. The summed E-state index contributed by atoms with van der Waals surface area (Å²) in [6.45, 7) is 1.82. The van der Waals surface area contributed by atoms with Gasteiger partial charge >= 0.3 is 0 Å². The van der Waals surface area contributed by atoms with Crippen molar-refractivity contribution in [2.45, 2.75) is 51.5 Å². The normalized spacial score (nSPS) is 18.1. The molecule has 0 radical (unpaired) electrons. The second-order valence-electron chi connectivity index (χ2n) is 4.55. The molecule has 1 aliphatic rings. The summed E-state index contributed by atoms with van der Waals surface area (Å²) in [6, 6.07) is 2.09. The quantitative estimate of drug-likeness (QED) is 0.780. The van der Waals surface area contributed by atoms with Gasteiger partial charge in [0.25, 0.3) is 5.91 Å². The van der Waals surface area contributed by atoms with Crippen molar-refractivity contribution in [1.29, 1.82) is 0 Å². The molecule has 1 amide bonds. The molecule has 3 nitrogen and oxygen atoms in total. The Morgan fingerprint density at radius 1 is 1.31 bits per heavy atom. The molecule has 3 heteroatoms. The van der Waals surface area contributed by atoms with Crippen LogP contribution in [0.5, 0.6) is 0 Å². The summed E-state index contributed by atoms with van der Waals surface area (Å²) < 4.78 is 5.14. The van der Waals surface area contributed by atoms with E-state index >= 15 is 0 Å². The topological polar surface area (TPSA) is 42.2 Å². The molecule has 0 spiro atoms. The summed E-state index contributed by atoms with van der Waals surface area (Å²) in [7, 11) is 0. The predicted octanol–water partition coefficient (Wildman–Crippen LogP) is 3.04. The number of amides is 1. The van der Waals surface area contributed by atoms with E-state index in [2.05, 4.69) is 5.32 Å². The zero-order chi connectivity index (χ0) is 11.4. The van der Waals surface area contributed by atoms with Crippen molar-refractivity contribution in [3.05, 3.63) is 23.7 Å². The molecule has 0 saturated heterocycles. The highest BCUT2D eigenvalue weighted by Crippen LogP contribution is 2.18. The molecule has 1 aliphatic carbocycles. The Bertz CT molecular complexity index is 349. The van der Waals surface area contributed by atoms with Gasteiger partial charge in [-0.1, -0.05) is 25.7 Å². The Labute approximate surface area is 96.2 Å². The van der Waals surface area contributed by atoms with Crippen LogP contribution in [0.1, 0.15) is 54.6 Å². The van der Waals surface area contributed by atoms with Crippen LogP contribution in [0.25, 0.3) is 0 Å². The molecule has 1 heterocycles. The maximum absolute atomic E-state index is 11.9. The molecule has 0 aliphatic heterocycles. The Morgan fingerprint density at radius 2 is 2.00 bits per heavy atom. The largest absolute Gasteiger partial charge is 0.469 e. The fourth-order valence-electron chi connectivity index (χ4n) is 2.31. The molecular formula is C13H19NO2. The molecule has 16 heavy (non-hydrogen) atoms. The minimum absolute atomic E-state index is 0.0122. The highest BCUT2D eigenvalue weighted by atomic mass is 16.3. The first kappa shape index (κ1) is 11.2. The molecular weight excluding hydrogens is 202 g/mol. The van der Waals surface area contributed by atoms with Gasteiger partial charge in [0, 0.05) is 6.04 Å². The van der Waals surface area contributed by atoms with Crippen LogP contribution in [-0.2, 0) is 0 Å². The van der Waals surface area contributed by atoms with E-state index < -0.39 is 0 Å². The molecule has 1 N–H and O–H groups in total. The van der Waals surface area contributed by atoms with E-state index in [1.54, 1.807) is 12.3 Å². The maximum Gasteiger partial charge on any atom is 0.255 e. The van der Waals surface area contributed by atoms with Crippen molar-refractivity contribution >= 4 is 5.91 Å². The lowest BCUT2D eigenvalue weighted by molar-refractivity contribution is 0.0932. The molecule has 0 aromatic carbocycles. The van der Waals surface area contributed by atoms with Gasteiger partial charge in [-0.15, -0.1) is 0 Å². The zero-order valence-electron chi connectivity index (χ0n) is 9.79. The highest BCUT2D eigenvalue weighted by Gasteiger charge is 2.17. The van der Waals surface area contributed by atoms with Gasteiger partial charge < -0.3 is 9.73 Å². The molecule has 0 atom stereocenters. The number of hydrogen-bond acceptors (Lipinski definition) is 2. The molecule has 1 aromatic rings. The fourth-order valence-corrected chi connectivity index (χ4v) is 2.31. The zero-order valence-corrected chi connectivity index (χ0v) is 9.79. The second kappa shape index (κ2) is 5.19. The van der Waals surface area contributed by atoms with Crippen LogP contribution in [0.2, 0.25) is 0 Å². The van der Waals surface area contributed by atoms with E-state index in [9.17, 15) is 4.79 Å². The number of hydrogen-bond donors (Lipinski definition) is 1. The first-order valence-electron chi connectivity index (χ1n) is 6.12. The summed E-state index contributed by atoms with van der Waals surface area (Å²) >= 11 is 0. The molecule has 1 fully saturated rings.